The van der Waals surface area contributed by atoms with Crippen molar-refractivity contribution in [2.45, 2.75) is 38.1 Å². The Labute approximate surface area is 111 Å². The van der Waals surface area contributed by atoms with Gasteiger partial charge in [-0.2, -0.15) is 0 Å². The predicted molar refractivity (Wildman–Crippen MR) is 70.9 cm³/mol. The Morgan fingerprint density at radius 3 is 3.05 bits per heavy atom. The summed E-state index contributed by atoms with van der Waals surface area (Å²) >= 11 is 0. The predicted octanol–water partition coefficient (Wildman–Crippen LogP) is 1.68. The van der Waals surface area contributed by atoms with Crippen LogP contribution in [0.15, 0.2) is 6.33 Å². The lowest BCUT2D eigenvalue weighted by atomic mass is 9.77. The second-order valence-corrected chi connectivity index (χ2v) is 5.55. The Morgan fingerprint density at radius 2 is 2.47 bits per heavy atom. The maximum absolute atomic E-state index is 11.0. The molecule has 0 amide bonds. The fourth-order valence-electron chi connectivity index (χ4n) is 2.90. The molecule has 1 aromatic heterocycles. The molecule has 1 aliphatic carbocycles. The highest BCUT2D eigenvalue weighted by atomic mass is 16.6. The summed E-state index contributed by atoms with van der Waals surface area (Å²) in [5.41, 5.74) is -0.476. The number of hydrogen-bond donors (Lipinski definition) is 2. The molecule has 0 aromatic carbocycles. The minimum absolute atomic E-state index is 0.0281. The largest absolute Gasteiger partial charge is 0.406 e. The van der Waals surface area contributed by atoms with E-state index in [2.05, 4.69) is 17.2 Å². The minimum Gasteiger partial charge on any atom is -0.394 e. The van der Waals surface area contributed by atoms with Crippen LogP contribution < -0.4 is 5.32 Å². The Bertz CT molecular complexity index is 474. The van der Waals surface area contributed by atoms with Gasteiger partial charge in [0.15, 0.2) is 0 Å². The van der Waals surface area contributed by atoms with Gasteiger partial charge in [-0.1, -0.05) is 19.8 Å². The van der Waals surface area contributed by atoms with Crippen LogP contribution in [0.25, 0.3) is 0 Å². The first-order chi connectivity index (χ1) is 8.97. The summed E-state index contributed by atoms with van der Waals surface area (Å²) < 4.78 is 1.59. The van der Waals surface area contributed by atoms with E-state index < -0.39 is 10.5 Å². The number of nitrogens with zero attached hydrogens (tertiary/aromatic N) is 3. The van der Waals surface area contributed by atoms with Gasteiger partial charge in [0.2, 0.25) is 12.1 Å². The van der Waals surface area contributed by atoms with Crippen LogP contribution in [0.1, 0.15) is 32.6 Å². The van der Waals surface area contributed by atoms with Gasteiger partial charge in [-0.3, -0.25) is 4.57 Å². The van der Waals surface area contributed by atoms with Crippen LogP contribution in [0.3, 0.4) is 0 Å². The molecule has 1 saturated carbocycles. The van der Waals surface area contributed by atoms with E-state index in [1.807, 2.05) is 0 Å². The SMILES string of the molecule is CC1CCCC(CO)(Nc2c([N+](=O)[O-])ncn2C)C1. The van der Waals surface area contributed by atoms with Crippen molar-refractivity contribution in [3.8, 4) is 0 Å². The van der Waals surface area contributed by atoms with Gasteiger partial charge in [-0.25, -0.2) is 0 Å². The lowest BCUT2D eigenvalue weighted by Gasteiger charge is -2.39. The smallest absolute Gasteiger partial charge is 0.394 e. The molecule has 19 heavy (non-hydrogen) atoms. The van der Waals surface area contributed by atoms with Crippen LogP contribution in [0.2, 0.25) is 0 Å². The summed E-state index contributed by atoms with van der Waals surface area (Å²) in [4.78, 5) is 14.2. The first-order valence-corrected chi connectivity index (χ1v) is 6.52. The fourth-order valence-corrected chi connectivity index (χ4v) is 2.90. The van der Waals surface area contributed by atoms with Gasteiger partial charge in [0.1, 0.15) is 0 Å². The van der Waals surface area contributed by atoms with Crippen LogP contribution in [-0.2, 0) is 7.05 Å². The van der Waals surface area contributed by atoms with Gasteiger partial charge in [-0.15, -0.1) is 0 Å². The molecule has 2 N–H and O–H groups in total. The van der Waals surface area contributed by atoms with Gasteiger partial charge in [0.25, 0.3) is 0 Å². The van der Waals surface area contributed by atoms with Crippen molar-refractivity contribution in [3.63, 3.8) is 0 Å². The van der Waals surface area contributed by atoms with Crippen LogP contribution in [0.4, 0.5) is 11.6 Å². The fraction of sp³-hybridized carbons (Fsp3) is 0.750. The van der Waals surface area contributed by atoms with E-state index in [9.17, 15) is 15.2 Å². The maximum atomic E-state index is 11.0. The molecule has 1 aromatic rings. The first kappa shape index (κ1) is 13.8. The van der Waals surface area contributed by atoms with Gasteiger partial charge < -0.3 is 20.5 Å². The number of aryl methyl sites for hydroxylation is 1. The van der Waals surface area contributed by atoms with E-state index in [1.54, 1.807) is 11.6 Å². The van der Waals surface area contributed by atoms with E-state index in [0.29, 0.717) is 11.7 Å². The van der Waals surface area contributed by atoms with Crippen LogP contribution in [-0.4, -0.2) is 31.7 Å². The molecule has 7 nitrogen and oxygen atoms in total. The summed E-state index contributed by atoms with van der Waals surface area (Å²) in [7, 11) is 1.71. The van der Waals surface area contributed by atoms with Crippen molar-refractivity contribution in [1.29, 1.82) is 0 Å². The van der Waals surface area contributed by atoms with Crippen molar-refractivity contribution >= 4 is 11.6 Å². The molecule has 0 spiro atoms. The number of aliphatic hydroxyl groups excluding tert-OH is 1. The van der Waals surface area contributed by atoms with Crippen molar-refractivity contribution < 1.29 is 10.0 Å². The van der Waals surface area contributed by atoms with E-state index in [-0.39, 0.29) is 12.4 Å². The second-order valence-electron chi connectivity index (χ2n) is 5.55. The molecule has 2 atom stereocenters. The molecule has 0 radical (unpaired) electrons. The zero-order chi connectivity index (χ0) is 14.0. The number of aromatic nitrogens is 2. The van der Waals surface area contributed by atoms with Gasteiger partial charge in [0.05, 0.1) is 12.1 Å². The van der Waals surface area contributed by atoms with Crippen LogP contribution >= 0.6 is 0 Å². The highest BCUT2D eigenvalue weighted by molar-refractivity contribution is 5.54. The molecule has 2 unspecified atom stereocenters. The number of imidazole rings is 1. The summed E-state index contributed by atoms with van der Waals surface area (Å²) in [5.74, 6) is 0.683. The molecular weight excluding hydrogens is 248 g/mol. The highest BCUT2D eigenvalue weighted by Crippen LogP contribution is 2.36. The Kier molecular flexibility index (Phi) is 3.75. The number of nitrogens with one attached hydrogen (secondary N) is 1. The molecule has 0 saturated heterocycles. The van der Waals surface area contributed by atoms with Gasteiger partial charge in [0, 0.05) is 7.05 Å². The van der Waals surface area contributed by atoms with Crippen molar-refractivity contribution in [1.82, 2.24) is 9.55 Å². The van der Waals surface area contributed by atoms with E-state index >= 15 is 0 Å². The number of nitro groups is 1. The van der Waals surface area contributed by atoms with Gasteiger partial charge >= 0.3 is 5.82 Å². The van der Waals surface area contributed by atoms with E-state index in [4.69, 9.17) is 0 Å². The first-order valence-electron chi connectivity index (χ1n) is 6.52. The van der Waals surface area contributed by atoms with Crippen molar-refractivity contribution in [2.24, 2.45) is 13.0 Å². The standard InChI is InChI=1S/C12H20N4O3/c1-9-4-3-5-12(6-9,7-17)14-11-10(16(18)19)13-8-15(11)2/h8-9,14,17H,3-7H2,1-2H3. The quantitative estimate of drug-likeness (QED) is 0.640. The third-order valence-corrected chi connectivity index (χ3v) is 3.87. The number of rotatable bonds is 4. The number of hydrogen-bond acceptors (Lipinski definition) is 5. The van der Waals surface area contributed by atoms with Crippen molar-refractivity contribution in [3.05, 3.63) is 16.4 Å². The average Bonchev–Trinajstić information content (AvgIpc) is 2.71. The number of aliphatic hydroxyl groups is 1. The molecule has 106 valence electrons. The molecular formula is C12H20N4O3. The monoisotopic (exact) mass is 268 g/mol. The minimum atomic E-state index is -0.500. The average molecular weight is 268 g/mol. The molecule has 0 bridgehead atoms. The van der Waals surface area contributed by atoms with Crippen molar-refractivity contribution in [2.75, 3.05) is 11.9 Å². The van der Waals surface area contributed by atoms with Crippen LogP contribution in [0, 0.1) is 16.0 Å². The molecule has 7 heteroatoms. The normalized spacial score (nSPS) is 27.2. The molecule has 2 rings (SSSR count). The van der Waals surface area contributed by atoms with Crippen LogP contribution in [0.5, 0.6) is 0 Å². The number of anilines is 1. The zero-order valence-corrected chi connectivity index (χ0v) is 11.3. The van der Waals surface area contributed by atoms with Gasteiger partial charge in [-0.05, 0) is 28.7 Å². The molecule has 1 heterocycles. The lowest BCUT2D eigenvalue weighted by molar-refractivity contribution is -0.388. The third kappa shape index (κ3) is 2.70. The summed E-state index contributed by atoms with van der Waals surface area (Å²) in [6.07, 6.45) is 5.19. The molecule has 0 aliphatic heterocycles. The topological polar surface area (TPSA) is 93.2 Å². The summed E-state index contributed by atoms with van der Waals surface area (Å²) in [5, 5.41) is 23.9. The maximum Gasteiger partial charge on any atom is 0.406 e. The molecule has 1 fully saturated rings. The zero-order valence-electron chi connectivity index (χ0n) is 11.3. The van der Waals surface area contributed by atoms with E-state index in [1.165, 1.54) is 6.33 Å². The summed E-state index contributed by atoms with van der Waals surface area (Å²) in [6.45, 7) is 2.11. The second kappa shape index (κ2) is 5.16. The Morgan fingerprint density at radius 1 is 1.74 bits per heavy atom. The Hall–Kier alpha value is -1.63. The van der Waals surface area contributed by atoms with E-state index in [0.717, 1.165) is 25.7 Å². The molecule has 1 aliphatic rings. The summed E-state index contributed by atoms with van der Waals surface area (Å²) in [6, 6.07) is 0. The lowest BCUT2D eigenvalue weighted by Crippen LogP contribution is -2.46. The third-order valence-electron chi connectivity index (χ3n) is 3.87. The highest BCUT2D eigenvalue weighted by Gasteiger charge is 2.37. The Balaban J connectivity index is 2.27.